The molecule has 0 fully saturated rings. The first-order valence-electron chi connectivity index (χ1n) is 4.86. The van der Waals surface area contributed by atoms with Crippen molar-refractivity contribution in [3.8, 4) is 0 Å². The quantitative estimate of drug-likeness (QED) is 0.573. The van der Waals surface area contributed by atoms with Gasteiger partial charge in [0.1, 0.15) is 0 Å². The number of ether oxygens (including phenoxy) is 1. The van der Waals surface area contributed by atoms with Crippen LogP contribution in [0.25, 0.3) is 0 Å². The number of alkyl halides is 1. The van der Waals surface area contributed by atoms with Crippen LogP contribution < -0.4 is 4.72 Å². The summed E-state index contributed by atoms with van der Waals surface area (Å²) in [7, 11) is -1.66. The van der Waals surface area contributed by atoms with E-state index in [1.165, 1.54) is 0 Å². The van der Waals surface area contributed by atoms with Gasteiger partial charge in [-0.15, -0.1) is 0 Å². The Balaban J connectivity index is 4.26. The van der Waals surface area contributed by atoms with Crippen molar-refractivity contribution in [2.24, 2.45) is 0 Å². The van der Waals surface area contributed by atoms with Crippen molar-refractivity contribution in [3.05, 3.63) is 0 Å². The maximum atomic E-state index is 11.6. The molecule has 4 nitrogen and oxygen atoms in total. The summed E-state index contributed by atoms with van der Waals surface area (Å²) in [5.74, 6) is 0.101. The van der Waals surface area contributed by atoms with Crippen molar-refractivity contribution in [3.63, 3.8) is 0 Å². The molecule has 0 rings (SSSR count). The predicted octanol–water partition coefficient (Wildman–Crippen LogP) is 1.50. The minimum absolute atomic E-state index is 0.0715. The molecule has 0 saturated carbocycles. The normalized spacial score (nSPS) is 15.3. The van der Waals surface area contributed by atoms with Gasteiger partial charge in [0.15, 0.2) is 0 Å². The van der Waals surface area contributed by atoms with Crippen LogP contribution in [0.1, 0.15) is 27.2 Å². The highest BCUT2D eigenvalue weighted by molar-refractivity contribution is 9.09. The lowest BCUT2D eigenvalue weighted by Crippen LogP contribution is -2.49. The summed E-state index contributed by atoms with van der Waals surface area (Å²) in [6.45, 7) is 6.07. The second-order valence-corrected chi connectivity index (χ2v) is 7.32. The number of nitrogens with one attached hydrogen (secondary N) is 1. The van der Waals surface area contributed by atoms with E-state index in [4.69, 9.17) is 4.74 Å². The Morgan fingerprint density at radius 1 is 1.47 bits per heavy atom. The molecule has 0 aliphatic rings. The van der Waals surface area contributed by atoms with Gasteiger partial charge in [0.2, 0.25) is 10.0 Å². The van der Waals surface area contributed by atoms with E-state index >= 15 is 0 Å². The van der Waals surface area contributed by atoms with E-state index < -0.39 is 15.6 Å². The van der Waals surface area contributed by atoms with Gasteiger partial charge in [-0.3, -0.25) is 0 Å². The van der Waals surface area contributed by atoms with E-state index in [9.17, 15) is 8.42 Å². The molecule has 15 heavy (non-hydrogen) atoms. The molecule has 0 saturated heterocycles. The smallest absolute Gasteiger partial charge is 0.212 e. The van der Waals surface area contributed by atoms with Crippen LogP contribution in [0.2, 0.25) is 0 Å². The van der Waals surface area contributed by atoms with E-state index in [1.54, 1.807) is 7.11 Å². The maximum absolute atomic E-state index is 11.6. The predicted molar refractivity (Wildman–Crippen MR) is 65.9 cm³/mol. The van der Waals surface area contributed by atoms with Gasteiger partial charge in [-0.25, -0.2) is 13.1 Å². The third-order valence-corrected chi connectivity index (χ3v) is 4.98. The molecule has 1 atom stereocenters. The van der Waals surface area contributed by atoms with Gasteiger partial charge in [0, 0.05) is 24.1 Å². The second-order valence-electron chi connectivity index (χ2n) is 4.10. The monoisotopic (exact) mass is 301 g/mol. The van der Waals surface area contributed by atoms with Gasteiger partial charge in [0.05, 0.1) is 5.75 Å². The van der Waals surface area contributed by atoms with Gasteiger partial charge in [0.25, 0.3) is 0 Å². The zero-order valence-electron chi connectivity index (χ0n) is 9.71. The number of methoxy groups -OCH3 is 1. The van der Waals surface area contributed by atoms with Crippen molar-refractivity contribution in [2.75, 3.05) is 19.5 Å². The number of rotatable bonds is 7. The minimum atomic E-state index is -3.22. The molecule has 0 amide bonds. The Hall–Kier alpha value is 0.350. The lowest BCUT2D eigenvalue weighted by molar-refractivity contribution is 0.199. The number of hydrogen-bond acceptors (Lipinski definition) is 3. The molecule has 0 heterocycles. The average molecular weight is 302 g/mol. The first-order valence-corrected chi connectivity index (χ1v) is 7.43. The minimum Gasteiger partial charge on any atom is -0.385 e. The highest BCUT2D eigenvalue weighted by Gasteiger charge is 2.28. The van der Waals surface area contributed by atoms with Crippen molar-refractivity contribution >= 4 is 26.0 Å². The molecule has 0 spiro atoms. The lowest BCUT2D eigenvalue weighted by Gasteiger charge is -2.28. The Morgan fingerprint density at radius 2 is 2.00 bits per heavy atom. The van der Waals surface area contributed by atoms with Crippen LogP contribution in [0.3, 0.4) is 0 Å². The van der Waals surface area contributed by atoms with E-state index in [0.717, 1.165) is 0 Å². The second kappa shape index (κ2) is 6.18. The van der Waals surface area contributed by atoms with Crippen molar-refractivity contribution in [1.29, 1.82) is 0 Å². The van der Waals surface area contributed by atoms with Crippen molar-refractivity contribution < 1.29 is 13.2 Å². The number of sulfonamides is 1. The van der Waals surface area contributed by atoms with Crippen LogP contribution in [0.5, 0.6) is 0 Å². The van der Waals surface area contributed by atoms with Crippen LogP contribution in [0.4, 0.5) is 0 Å². The van der Waals surface area contributed by atoms with Gasteiger partial charge in [-0.1, -0.05) is 22.9 Å². The average Bonchev–Trinajstić information content (AvgIpc) is 2.01. The molecule has 0 radical (unpaired) electrons. The van der Waals surface area contributed by atoms with E-state index in [-0.39, 0.29) is 10.6 Å². The molecule has 0 aliphatic carbocycles. The molecular weight excluding hydrogens is 282 g/mol. The van der Waals surface area contributed by atoms with Crippen molar-refractivity contribution in [1.82, 2.24) is 4.72 Å². The van der Waals surface area contributed by atoms with Crippen LogP contribution in [0, 0.1) is 0 Å². The summed E-state index contributed by atoms with van der Waals surface area (Å²) < 4.78 is 30.7. The van der Waals surface area contributed by atoms with Crippen LogP contribution in [-0.2, 0) is 14.8 Å². The summed E-state index contributed by atoms with van der Waals surface area (Å²) in [6, 6.07) is 0. The highest BCUT2D eigenvalue weighted by atomic mass is 79.9. The SMILES string of the molecule is COCCCS(=O)(=O)NC(C)(C)C(C)Br. The molecular formula is C9H20BrNO3S. The zero-order valence-corrected chi connectivity index (χ0v) is 12.1. The number of hydrogen-bond donors (Lipinski definition) is 1. The van der Waals surface area contributed by atoms with Crippen molar-refractivity contribution in [2.45, 2.75) is 37.6 Å². The first-order chi connectivity index (χ1) is 6.71. The zero-order chi connectivity index (χ0) is 12.1. The third-order valence-electron chi connectivity index (χ3n) is 2.17. The summed E-state index contributed by atoms with van der Waals surface area (Å²) in [5, 5.41) is 0. The van der Waals surface area contributed by atoms with Crippen LogP contribution in [-0.4, -0.2) is 38.3 Å². The maximum Gasteiger partial charge on any atom is 0.212 e. The lowest BCUT2D eigenvalue weighted by atomic mass is 10.0. The molecule has 0 aromatic rings. The Kier molecular flexibility index (Phi) is 6.32. The van der Waals surface area contributed by atoms with Gasteiger partial charge < -0.3 is 4.74 Å². The van der Waals surface area contributed by atoms with Crippen LogP contribution >= 0.6 is 15.9 Å². The largest absolute Gasteiger partial charge is 0.385 e. The number of halogens is 1. The molecule has 0 aromatic carbocycles. The molecule has 1 unspecified atom stereocenters. The standard InChI is InChI=1S/C9H20BrNO3S/c1-8(10)9(2,3)11-15(12,13)7-5-6-14-4/h8,11H,5-7H2,1-4H3. The topological polar surface area (TPSA) is 55.4 Å². The fraction of sp³-hybridized carbons (Fsp3) is 1.00. The molecule has 6 heteroatoms. The first kappa shape index (κ1) is 15.3. The Labute approximate surface area is 101 Å². The van der Waals surface area contributed by atoms with Gasteiger partial charge in [-0.2, -0.15) is 0 Å². The van der Waals surface area contributed by atoms with E-state index in [1.807, 2.05) is 20.8 Å². The van der Waals surface area contributed by atoms with Gasteiger partial charge in [-0.05, 0) is 20.3 Å². The third kappa shape index (κ3) is 6.50. The molecule has 92 valence electrons. The summed E-state index contributed by atoms with van der Waals surface area (Å²) >= 11 is 3.38. The van der Waals surface area contributed by atoms with Crippen LogP contribution in [0.15, 0.2) is 0 Å². The van der Waals surface area contributed by atoms with Gasteiger partial charge >= 0.3 is 0 Å². The molecule has 1 N–H and O–H groups in total. The molecule has 0 aromatic heterocycles. The highest BCUT2D eigenvalue weighted by Crippen LogP contribution is 2.17. The Morgan fingerprint density at radius 3 is 2.40 bits per heavy atom. The Bertz CT molecular complexity index is 275. The summed E-state index contributed by atoms with van der Waals surface area (Å²) in [5.41, 5.74) is -0.480. The molecule has 0 aliphatic heterocycles. The summed E-state index contributed by atoms with van der Waals surface area (Å²) in [6.07, 6.45) is 0.512. The fourth-order valence-corrected chi connectivity index (χ4v) is 2.77. The summed E-state index contributed by atoms with van der Waals surface area (Å²) in [4.78, 5) is 0.0715. The van der Waals surface area contributed by atoms with E-state index in [0.29, 0.717) is 13.0 Å². The fourth-order valence-electron chi connectivity index (χ4n) is 0.926. The molecule has 0 bridgehead atoms. The van der Waals surface area contributed by atoms with E-state index in [2.05, 4.69) is 20.7 Å².